The van der Waals surface area contributed by atoms with Crippen molar-refractivity contribution in [2.45, 2.75) is 32.4 Å². The van der Waals surface area contributed by atoms with E-state index in [9.17, 15) is 0 Å². The Hall–Kier alpha value is -0.940. The maximum Gasteiger partial charge on any atom is 0.0740 e. The van der Waals surface area contributed by atoms with E-state index in [-0.39, 0.29) is 12.1 Å². The second-order valence-corrected chi connectivity index (χ2v) is 4.80. The predicted octanol–water partition coefficient (Wildman–Crippen LogP) is 2.32. The summed E-state index contributed by atoms with van der Waals surface area (Å²) in [6.45, 7) is 6.45. The van der Waals surface area contributed by atoms with Crippen LogP contribution in [0.25, 0.3) is 0 Å². The van der Waals surface area contributed by atoms with E-state index >= 15 is 0 Å². The van der Waals surface area contributed by atoms with Crippen LogP contribution in [0.2, 0.25) is 0 Å². The highest BCUT2D eigenvalue weighted by Crippen LogP contribution is 2.17. The SMILES string of the molecule is CCc1ccc(C(N)C(C)OCCOCCOC)cc1. The van der Waals surface area contributed by atoms with E-state index in [0.29, 0.717) is 26.4 Å². The third kappa shape index (κ3) is 6.01. The lowest BCUT2D eigenvalue weighted by atomic mass is 10.0. The molecule has 0 bridgehead atoms. The summed E-state index contributed by atoms with van der Waals surface area (Å²) in [5.74, 6) is 0. The number of hydrogen-bond donors (Lipinski definition) is 1. The summed E-state index contributed by atoms with van der Waals surface area (Å²) >= 11 is 0. The third-order valence-electron chi connectivity index (χ3n) is 3.32. The first-order valence-corrected chi connectivity index (χ1v) is 7.21. The minimum atomic E-state index is -0.111. The summed E-state index contributed by atoms with van der Waals surface area (Å²) in [6.07, 6.45) is 1.01. The summed E-state index contributed by atoms with van der Waals surface area (Å²) in [6, 6.07) is 8.29. The summed E-state index contributed by atoms with van der Waals surface area (Å²) in [4.78, 5) is 0. The van der Waals surface area contributed by atoms with Gasteiger partial charge in [0, 0.05) is 7.11 Å². The first kappa shape index (κ1) is 17.1. The molecule has 2 atom stereocenters. The van der Waals surface area contributed by atoms with Crippen LogP contribution in [0.3, 0.4) is 0 Å². The normalized spacial score (nSPS) is 14.2. The van der Waals surface area contributed by atoms with Crippen LogP contribution in [0.4, 0.5) is 0 Å². The lowest BCUT2D eigenvalue weighted by Gasteiger charge is -2.21. The number of methoxy groups -OCH3 is 1. The maximum absolute atomic E-state index is 6.21. The number of hydrogen-bond acceptors (Lipinski definition) is 4. The minimum Gasteiger partial charge on any atom is -0.382 e. The Balaban J connectivity index is 2.28. The summed E-state index contributed by atoms with van der Waals surface area (Å²) in [5, 5.41) is 0. The van der Waals surface area contributed by atoms with E-state index < -0.39 is 0 Å². The maximum atomic E-state index is 6.21. The monoisotopic (exact) mass is 281 g/mol. The minimum absolute atomic E-state index is 0.0338. The van der Waals surface area contributed by atoms with E-state index in [4.69, 9.17) is 19.9 Å². The van der Waals surface area contributed by atoms with Crippen LogP contribution in [-0.4, -0.2) is 39.6 Å². The molecule has 20 heavy (non-hydrogen) atoms. The van der Waals surface area contributed by atoms with Gasteiger partial charge in [-0.2, -0.15) is 0 Å². The van der Waals surface area contributed by atoms with Crippen molar-refractivity contribution in [2.24, 2.45) is 5.73 Å². The van der Waals surface area contributed by atoms with Crippen molar-refractivity contribution in [3.8, 4) is 0 Å². The van der Waals surface area contributed by atoms with Gasteiger partial charge in [0.25, 0.3) is 0 Å². The fourth-order valence-electron chi connectivity index (χ4n) is 1.89. The van der Waals surface area contributed by atoms with Crippen LogP contribution in [0, 0.1) is 0 Å². The van der Waals surface area contributed by atoms with E-state index in [0.717, 1.165) is 12.0 Å². The highest BCUT2D eigenvalue weighted by atomic mass is 16.5. The van der Waals surface area contributed by atoms with Crippen molar-refractivity contribution in [1.29, 1.82) is 0 Å². The van der Waals surface area contributed by atoms with Gasteiger partial charge in [0.15, 0.2) is 0 Å². The molecule has 2 unspecified atom stereocenters. The van der Waals surface area contributed by atoms with Crippen LogP contribution < -0.4 is 5.73 Å². The topological polar surface area (TPSA) is 53.7 Å². The Morgan fingerprint density at radius 2 is 1.70 bits per heavy atom. The molecule has 0 radical (unpaired) electrons. The van der Waals surface area contributed by atoms with Gasteiger partial charge in [-0.05, 0) is 24.5 Å². The van der Waals surface area contributed by atoms with E-state index in [2.05, 4.69) is 31.2 Å². The van der Waals surface area contributed by atoms with Gasteiger partial charge < -0.3 is 19.9 Å². The molecular formula is C16H27NO3. The second-order valence-electron chi connectivity index (χ2n) is 4.80. The van der Waals surface area contributed by atoms with Crippen LogP contribution in [0.15, 0.2) is 24.3 Å². The average Bonchev–Trinajstić information content (AvgIpc) is 2.50. The molecule has 0 fully saturated rings. The lowest BCUT2D eigenvalue weighted by Crippen LogP contribution is -2.27. The number of rotatable bonds is 10. The van der Waals surface area contributed by atoms with E-state index in [1.807, 2.05) is 6.92 Å². The van der Waals surface area contributed by atoms with Crippen molar-refractivity contribution < 1.29 is 14.2 Å². The van der Waals surface area contributed by atoms with Crippen LogP contribution >= 0.6 is 0 Å². The van der Waals surface area contributed by atoms with Gasteiger partial charge in [0.05, 0.1) is 38.6 Å². The lowest BCUT2D eigenvalue weighted by molar-refractivity contribution is -0.00842. The van der Waals surface area contributed by atoms with Crippen molar-refractivity contribution in [2.75, 3.05) is 33.5 Å². The third-order valence-corrected chi connectivity index (χ3v) is 3.32. The molecule has 1 aromatic rings. The quantitative estimate of drug-likeness (QED) is 0.669. The molecule has 0 aromatic heterocycles. The first-order valence-electron chi connectivity index (χ1n) is 7.21. The Morgan fingerprint density at radius 1 is 1.05 bits per heavy atom. The molecule has 0 aliphatic carbocycles. The average molecular weight is 281 g/mol. The predicted molar refractivity (Wildman–Crippen MR) is 80.9 cm³/mol. The van der Waals surface area contributed by atoms with Crippen molar-refractivity contribution >= 4 is 0 Å². The summed E-state index contributed by atoms with van der Waals surface area (Å²) in [7, 11) is 1.66. The molecular weight excluding hydrogens is 254 g/mol. The molecule has 0 amide bonds. The molecule has 0 saturated carbocycles. The molecule has 114 valence electrons. The van der Waals surface area contributed by atoms with Crippen LogP contribution in [0.1, 0.15) is 31.0 Å². The Kier molecular flexibility index (Phi) is 8.46. The van der Waals surface area contributed by atoms with Crippen molar-refractivity contribution in [3.63, 3.8) is 0 Å². The summed E-state index contributed by atoms with van der Waals surface area (Å²) < 4.78 is 16.0. The smallest absolute Gasteiger partial charge is 0.0740 e. The van der Waals surface area contributed by atoms with Gasteiger partial charge in [0.1, 0.15) is 0 Å². The molecule has 1 aromatic carbocycles. The molecule has 0 aliphatic rings. The molecule has 2 N–H and O–H groups in total. The number of ether oxygens (including phenoxy) is 3. The highest BCUT2D eigenvalue weighted by molar-refractivity contribution is 5.25. The fourth-order valence-corrected chi connectivity index (χ4v) is 1.89. The first-order chi connectivity index (χ1) is 9.69. The van der Waals surface area contributed by atoms with Gasteiger partial charge >= 0.3 is 0 Å². The molecule has 0 heterocycles. The number of nitrogens with two attached hydrogens (primary N) is 1. The Morgan fingerprint density at radius 3 is 2.30 bits per heavy atom. The number of benzene rings is 1. The van der Waals surface area contributed by atoms with E-state index in [1.165, 1.54) is 5.56 Å². The van der Waals surface area contributed by atoms with Gasteiger partial charge in [-0.1, -0.05) is 31.2 Å². The van der Waals surface area contributed by atoms with Crippen molar-refractivity contribution in [1.82, 2.24) is 0 Å². The van der Waals surface area contributed by atoms with Crippen molar-refractivity contribution in [3.05, 3.63) is 35.4 Å². The Bertz CT molecular complexity index is 353. The standard InChI is InChI=1S/C16H27NO3/c1-4-14-5-7-15(8-6-14)16(17)13(2)20-12-11-19-10-9-18-3/h5-8,13,16H,4,9-12,17H2,1-3H3. The fraction of sp³-hybridized carbons (Fsp3) is 0.625. The molecule has 4 heteroatoms. The number of aryl methyl sites for hydroxylation is 1. The second kappa shape index (κ2) is 9.88. The van der Waals surface area contributed by atoms with Gasteiger partial charge in [-0.15, -0.1) is 0 Å². The molecule has 0 aliphatic heterocycles. The van der Waals surface area contributed by atoms with Crippen LogP contribution in [0.5, 0.6) is 0 Å². The van der Waals surface area contributed by atoms with Crippen LogP contribution in [-0.2, 0) is 20.6 Å². The molecule has 4 nitrogen and oxygen atoms in total. The molecule has 0 spiro atoms. The highest BCUT2D eigenvalue weighted by Gasteiger charge is 2.15. The zero-order valence-electron chi connectivity index (χ0n) is 12.8. The zero-order chi connectivity index (χ0) is 14.8. The van der Waals surface area contributed by atoms with Gasteiger partial charge in [-0.25, -0.2) is 0 Å². The Labute approximate surface area is 122 Å². The zero-order valence-corrected chi connectivity index (χ0v) is 12.8. The summed E-state index contributed by atoms with van der Waals surface area (Å²) in [5.41, 5.74) is 8.63. The largest absolute Gasteiger partial charge is 0.382 e. The van der Waals surface area contributed by atoms with Gasteiger partial charge in [0.2, 0.25) is 0 Å². The molecule has 1 rings (SSSR count). The van der Waals surface area contributed by atoms with E-state index in [1.54, 1.807) is 7.11 Å². The molecule has 0 saturated heterocycles. The van der Waals surface area contributed by atoms with Gasteiger partial charge in [-0.3, -0.25) is 0 Å².